The molecular weight excluding hydrogens is 260 g/mol. The molecule has 7 heteroatoms. The van der Waals surface area contributed by atoms with Crippen molar-refractivity contribution in [3.8, 4) is 0 Å². The van der Waals surface area contributed by atoms with Crippen molar-refractivity contribution in [1.82, 2.24) is 10.2 Å². The van der Waals surface area contributed by atoms with Crippen molar-refractivity contribution in [3.05, 3.63) is 0 Å². The van der Waals surface area contributed by atoms with Crippen LogP contribution in [0.4, 0.5) is 4.79 Å². The third-order valence-corrected chi connectivity index (χ3v) is 5.16. The van der Waals surface area contributed by atoms with Crippen LogP contribution in [0.15, 0.2) is 0 Å². The van der Waals surface area contributed by atoms with E-state index >= 15 is 0 Å². The molecule has 1 aliphatic heterocycles. The van der Waals surface area contributed by atoms with Crippen LogP contribution in [0.25, 0.3) is 0 Å². The molecule has 17 heavy (non-hydrogen) atoms. The summed E-state index contributed by atoms with van der Waals surface area (Å²) < 4.78 is 22.5. The Morgan fingerprint density at radius 2 is 2.00 bits per heavy atom. The van der Waals surface area contributed by atoms with Gasteiger partial charge in [0.2, 0.25) is 0 Å². The van der Waals surface area contributed by atoms with Gasteiger partial charge in [0.1, 0.15) is 0 Å². The number of sulfone groups is 1. The highest BCUT2D eigenvalue weighted by Crippen LogP contribution is 2.06. The monoisotopic (exact) mass is 280 g/mol. The Kier molecular flexibility index (Phi) is 5.58. The van der Waals surface area contributed by atoms with Crippen molar-refractivity contribution in [1.29, 1.82) is 0 Å². The van der Waals surface area contributed by atoms with Gasteiger partial charge in [-0.15, -0.1) is 0 Å². The van der Waals surface area contributed by atoms with Crippen molar-refractivity contribution < 1.29 is 13.2 Å². The minimum atomic E-state index is -2.92. The number of nitrogens with one attached hydrogen (secondary N) is 1. The molecule has 0 aliphatic carbocycles. The maximum atomic E-state index is 11.9. The van der Waals surface area contributed by atoms with Gasteiger partial charge in [-0.05, 0) is 12.7 Å². The van der Waals surface area contributed by atoms with E-state index in [2.05, 4.69) is 5.32 Å². The van der Waals surface area contributed by atoms with Crippen LogP contribution in [0.2, 0.25) is 0 Å². The summed E-state index contributed by atoms with van der Waals surface area (Å²) in [4.78, 5) is 13.5. The highest BCUT2D eigenvalue weighted by atomic mass is 32.2. The number of amides is 2. The Balaban J connectivity index is 2.43. The number of carbonyl (C=O) groups is 1. The van der Waals surface area contributed by atoms with E-state index in [1.807, 2.05) is 13.2 Å². The predicted molar refractivity (Wildman–Crippen MR) is 71.2 cm³/mol. The molecule has 100 valence electrons. The number of carbonyl (C=O) groups excluding carboxylic acids is 1. The molecule has 0 aromatic heterocycles. The summed E-state index contributed by atoms with van der Waals surface area (Å²) in [6.45, 7) is 2.65. The molecule has 1 aliphatic rings. The van der Waals surface area contributed by atoms with Gasteiger partial charge in [0, 0.05) is 24.9 Å². The minimum Gasteiger partial charge on any atom is -0.334 e. The molecular formula is C10H20N2O3S2. The van der Waals surface area contributed by atoms with Gasteiger partial charge in [0.25, 0.3) is 0 Å². The summed E-state index contributed by atoms with van der Waals surface area (Å²) in [5, 5.41) is 2.94. The fourth-order valence-corrected chi connectivity index (χ4v) is 3.57. The Bertz CT molecular complexity index is 343. The van der Waals surface area contributed by atoms with Crippen LogP contribution in [-0.4, -0.2) is 62.0 Å². The van der Waals surface area contributed by atoms with Crippen molar-refractivity contribution >= 4 is 27.6 Å². The lowest BCUT2D eigenvalue weighted by atomic mass is 10.2. The van der Waals surface area contributed by atoms with Crippen LogP contribution in [0, 0.1) is 0 Å². The number of rotatable bonds is 4. The first-order valence-electron chi connectivity index (χ1n) is 5.73. The quantitative estimate of drug-likeness (QED) is 0.817. The third-order valence-electron chi connectivity index (χ3n) is 2.82. The van der Waals surface area contributed by atoms with Crippen LogP contribution in [0.5, 0.6) is 0 Å². The number of nitrogens with zero attached hydrogens (tertiary/aromatic N) is 1. The maximum absolute atomic E-state index is 11.9. The molecule has 1 saturated heterocycles. The molecule has 0 bridgehead atoms. The van der Waals surface area contributed by atoms with E-state index in [1.54, 1.807) is 16.7 Å². The molecule has 0 aromatic rings. The first-order chi connectivity index (χ1) is 7.98. The molecule has 0 radical (unpaired) electrons. The lowest BCUT2D eigenvalue weighted by Crippen LogP contribution is -2.51. The smallest absolute Gasteiger partial charge is 0.317 e. The fourth-order valence-electron chi connectivity index (χ4n) is 1.64. The van der Waals surface area contributed by atoms with Gasteiger partial charge >= 0.3 is 6.03 Å². The van der Waals surface area contributed by atoms with Crippen LogP contribution in [-0.2, 0) is 9.84 Å². The minimum absolute atomic E-state index is 0.0831. The summed E-state index contributed by atoms with van der Waals surface area (Å²) in [6.07, 6.45) is 2.89. The van der Waals surface area contributed by atoms with Crippen molar-refractivity contribution in [2.45, 2.75) is 19.4 Å². The van der Waals surface area contributed by atoms with Crippen LogP contribution < -0.4 is 5.32 Å². The molecule has 0 unspecified atom stereocenters. The Morgan fingerprint density at radius 1 is 1.41 bits per heavy atom. The second kappa shape index (κ2) is 6.49. The lowest BCUT2D eigenvalue weighted by molar-refractivity contribution is 0.198. The van der Waals surface area contributed by atoms with Gasteiger partial charge in [-0.25, -0.2) is 13.2 Å². The van der Waals surface area contributed by atoms with Gasteiger partial charge in [-0.1, -0.05) is 6.92 Å². The number of urea groups is 1. The largest absolute Gasteiger partial charge is 0.334 e. The van der Waals surface area contributed by atoms with Crippen molar-refractivity contribution in [2.24, 2.45) is 0 Å². The third kappa shape index (κ3) is 4.75. The molecule has 0 aromatic carbocycles. The molecule has 1 atom stereocenters. The topological polar surface area (TPSA) is 66.5 Å². The van der Waals surface area contributed by atoms with Crippen LogP contribution >= 0.6 is 11.8 Å². The van der Waals surface area contributed by atoms with E-state index in [4.69, 9.17) is 0 Å². The zero-order valence-electron chi connectivity index (χ0n) is 10.3. The van der Waals surface area contributed by atoms with Crippen molar-refractivity contribution in [2.75, 3.05) is 36.6 Å². The summed E-state index contributed by atoms with van der Waals surface area (Å²) in [5.74, 6) is 1.05. The normalized spacial score (nSPS) is 20.9. The van der Waals surface area contributed by atoms with Gasteiger partial charge < -0.3 is 10.2 Å². The average Bonchev–Trinajstić information content (AvgIpc) is 2.28. The number of hydrogen-bond donors (Lipinski definition) is 1. The van der Waals surface area contributed by atoms with E-state index in [1.165, 1.54) is 0 Å². The standard InChI is InChI=1S/C10H20N2O3S2/c1-3-9(8-16-2)11-10(13)12-4-6-17(14,15)7-5-12/h9H,3-8H2,1-2H3,(H,11,13)/t9-/m0/s1. The Labute approximate surface area is 107 Å². The van der Waals surface area contributed by atoms with Crippen LogP contribution in [0.1, 0.15) is 13.3 Å². The predicted octanol–water partition coefficient (Wildman–Crippen LogP) is 0.568. The second-order valence-electron chi connectivity index (χ2n) is 4.15. The highest BCUT2D eigenvalue weighted by Gasteiger charge is 2.25. The zero-order chi connectivity index (χ0) is 12.9. The summed E-state index contributed by atoms with van der Waals surface area (Å²) in [6, 6.07) is 0.0248. The first kappa shape index (κ1) is 14.6. The van der Waals surface area contributed by atoms with Gasteiger partial charge in [-0.2, -0.15) is 11.8 Å². The molecule has 1 N–H and O–H groups in total. The van der Waals surface area contributed by atoms with E-state index in [0.29, 0.717) is 13.1 Å². The number of hydrogen-bond acceptors (Lipinski definition) is 4. The molecule has 1 rings (SSSR count). The summed E-state index contributed by atoms with van der Waals surface area (Å²) in [7, 11) is -2.92. The zero-order valence-corrected chi connectivity index (χ0v) is 11.9. The van der Waals surface area contributed by atoms with Gasteiger partial charge in [0.15, 0.2) is 9.84 Å². The molecule has 2 amide bonds. The van der Waals surface area contributed by atoms with Gasteiger partial charge in [-0.3, -0.25) is 0 Å². The van der Waals surface area contributed by atoms with Gasteiger partial charge in [0.05, 0.1) is 11.5 Å². The van der Waals surface area contributed by atoms with Crippen LogP contribution in [0.3, 0.4) is 0 Å². The first-order valence-corrected chi connectivity index (χ1v) is 8.95. The summed E-state index contributed by atoms with van der Waals surface area (Å²) >= 11 is 1.69. The number of thioether (sulfide) groups is 1. The summed E-state index contributed by atoms with van der Waals surface area (Å²) in [5.41, 5.74) is 0. The lowest BCUT2D eigenvalue weighted by Gasteiger charge is -2.28. The fraction of sp³-hybridized carbons (Fsp3) is 0.900. The van der Waals surface area contributed by atoms with E-state index < -0.39 is 9.84 Å². The van der Waals surface area contributed by atoms with E-state index in [9.17, 15) is 13.2 Å². The van der Waals surface area contributed by atoms with E-state index in [-0.39, 0.29) is 23.6 Å². The van der Waals surface area contributed by atoms with E-state index in [0.717, 1.165) is 12.2 Å². The Hall–Kier alpha value is -0.430. The molecule has 0 spiro atoms. The Morgan fingerprint density at radius 3 is 2.47 bits per heavy atom. The van der Waals surface area contributed by atoms with Crippen molar-refractivity contribution in [3.63, 3.8) is 0 Å². The molecule has 1 heterocycles. The maximum Gasteiger partial charge on any atom is 0.317 e. The average molecular weight is 280 g/mol. The highest BCUT2D eigenvalue weighted by molar-refractivity contribution is 7.98. The second-order valence-corrected chi connectivity index (χ2v) is 7.36. The SMILES string of the molecule is CC[C@@H](CSC)NC(=O)N1CCS(=O)(=O)CC1. The molecule has 1 fully saturated rings. The molecule has 5 nitrogen and oxygen atoms in total. The molecule has 0 saturated carbocycles.